The molecule has 144 valence electrons. The highest BCUT2D eigenvalue weighted by molar-refractivity contribution is 6.33. The van der Waals surface area contributed by atoms with Crippen LogP contribution in [0.15, 0.2) is 60.8 Å². The second kappa shape index (κ2) is 8.59. The molecule has 2 aromatic carbocycles. The van der Waals surface area contributed by atoms with Crippen molar-refractivity contribution in [3.63, 3.8) is 0 Å². The van der Waals surface area contributed by atoms with Crippen LogP contribution in [-0.4, -0.2) is 55.1 Å². The number of carbonyl (C=O) groups excluding carboxylic acids is 1. The van der Waals surface area contributed by atoms with Gasteiger partial charge in [-0.05, 0) is 24.3 Å². The van der Waals surface area contributed by atoms with E-state index in [1.807, 2.05) is 48.5 Å². The Bertz CT molecular complexity index is 969. The fraction of sp³-hybridized carbons (Fsp3) is 0.273. The van der Waals surface area contributed by atoms with E-state index in [1.54, 1.807) is 6.20 Å². The van der Waals surface area contributed by atoms with Gasteiger partial charge in [0.05, 0.1) is 21.8 Å². The number of halogens is 1. The first-order valence-electron chi connectivity index (χ1n) is 9.55. The minimum absolute atomic E-state index is 0.0760. The third-order valence-corrected chi connectivity index (χ3v) is 5.45. The average molecular weight is 395 g/mol. The molecule has 1 N–H and O–H groups in total. The molecule has 0 unspecified atom stereocenters. The number of para-hydroxylation sites is 2. The Balaban J connectivity index is 1.25. The van der Waals surface area contributed by atoms with Crippen molar-refractivity contribution in [2.75, 3.05) is 44.2 Å². The van der Waals surface area contributed by atoms with Gasteiger partial charge in [0.1, 0.15) is 0 Å². The maximum Gasteiger partial charge on any atom is 0.252 e. The number of fused-ring (bicyclic) bond motifs is 1. The number of hydrogen-bond donors (Lipinski definition) is 1. The lowest BCUT2D eigenvalue weighted by molar-refractivity contribution is 0.0947. The Morgan fingerprint density at radius 2 is 1.79 bits per heavy atom. The van der Waals surface area contributed by atoms with Crippen LogP contribution in [0.2, 0.25) is 5.02 Å². The van der Waals surface area contributed by atoms with Crippen LogP contribution in [0, 0.1) is 0 Å². The van der Waals surface area contributed by atoms with Crippen molar-refractivity contribution < 1.29 is 4.79 Å². The number of benzene rings is 2. The van der Waals surface area contributed by atoms with Gasteiger partial charge in [0.25, 0.3) is 5.91 Å². The first-order valence-corrected chi connectivity index (χ1v) is 9.93. The summed E-state index contributed by atoms with van der Waals surface area (Å²) in [4.78, 5) is 21.5. The molecule has 5 nitrogen and oxygen atoms in total. The standard InChI is InChI=1S/C22H23ClN4O/c23-19-6-2-4-8-21(19)27-13-11-26(12-14-27)10-9-24-22(28)18-15-17-5-1-3-7-20(17)25-16-18/h1-8,15-16H,9-14H2,(H,24,28). The van der Waals surface area contributed by atoms with E-state index >= 15 is 0 Å². The first kappa shape index (κ1) is 18.7. The molecular formula is C22H23ClN4O. The number of piperazine rings is 1. The topological polar surface area (TPSA) is 48.5 Å². The minimum atomic E-state index is -0.0760. The average Bonchev–Trinajstić information content (AvgIpc) is 2.74. The Morgan fingerprint density at radius 3 is 2.61 bits per heavy atom. The van der Waals surface area contributed by atoms with Crippen LogP contribution in [0.25, 0.3) is 10.9 Å². The van der Waals surface area contributed by atoms with Crippen LogP contribution in [0.4, 0.5) is 5.69 Å². The highest BCUT2D eigenvalue weighted by atomic mass is 35.5. The van der Waals surface area contributed by atoms with Crippen LogP contribution >= 0.6 is 11.6 Å². The molecule has 1 saturated heterocycles. The van der Waals surface area contributed by atoms with Gasteiger partial charge in [-0.1, -0.05) is 41.9 Å². The van der Waals surface area contributed by atoms with Crippen molar-refractivity contribution in [3.05, 3.63) is 71.4 Å². The maximum absolute atomic E-state index is 12.4. The highest BCUT2D eigenvalue weighted by Crippen LogP contribution is 2.25. The summed E-state index contributed by atoms with van der Waals surface area (Å²) in [6.07, 6.45) is 1.64. The Morgan fingerprint density at radius 1 is 1.04 bits per heavy atom. The zero-order chi connectivity index (χ0) is 19.3. The molecule has 2 heterocycles. The Kier molecular flexibility index (Phi) is 5.74. The predicted octanol–water partition coefficient (Wildman–Crippen LogP) is 3.44. The predicted molar refractivity (Wildman–Crippen MR) is 114 cm³/mol. The van der Waals surface area contributed by atoms with Gasteiger partial charge in [0, 0.05) is 50.9 Å². The van der Waals surface area contributed by atoms with Crippen LogP contribution < -0.4 is 10.2 Å². The molecule has 0 spiro atoms. The maximum atomic E-state index is 12.4. The molecule has 1 aliphatic rings. The van der Waals surface area contributed by atoms with Crippen LogP contribution in [0.3, 0.4) is 0 Å². The summed E-state index contributed by atoms with van der Waals surface area (Å²) >= 11 is 6.30. The molecule has 0 atom stereocenters. The van der Waals surface area contributed by atoms with E-state index in [1.165, 1.54) is 0 Å². The van der Waals surface area contributed by atoms with Gasteiger partial charge in [-0.15, -0.1) is 0 Å². The summed E-state index contributed by atoms with van der Waals surface area (Å²) < 4.78 is 0. The van der Waals surface area contributed by atoms with Crippen molar-refractivity contribution >= 4 is 34.1 Å². The van der Waals surface area contributed by atoms with Crippen LogP contribution in [0.5, 0.6) is 0 Å². The quantitative estimate of drug-likeness (QED) is 0.720. The largest absolute Gasteiger partial charge is 0.368 e. The molecule has 1 fully saturated rings. The molecule has 6 heteroatoms. The molecule has 28 heavy (non-hydrogen) atoms. The molecule has 0 bridgehead atoms. The molecule has 0 radical (unpaired) electrons. The molecule has 0 saturated carbocycles. The van der Waals surface area contributed by atoms with Crippen LogP contribution in [0.1, 0.15) is 10.4 Å². The van der Waals surface area contributed by atoms with Crippen molar-refractivity contribution in [1.82, 2.24) is 15.2 Å². The van der Waals surface area contributed by atoms with Crippen LogP contribution in [-0.2, 0) is 0 Å². The second-order valence-electron chi connectivity index (χ2n) is 6.95. The normalized spacial score (nSPS) is 15.0. The molecule has 1 aliphatic heterocycles. The number of rotatable bonds is 5. The van der Waals surface area contributed by atoms with Gasteiger partial charge in [0.2, 0.25) is 0 Å². The van der Waals surface area contributed by atoms with E-state index in [0.717, 1.165) is 54.3 Å². The van der Waals surface area contributed by atoms with Gasteiger partial charge >= 0.3 is 0 Å². The summed E-state index contributed by atoms with van der Waals surface area (Å²) in [6, 6.07) is 17.7. The summed E-state index contributed by atoms with van der Waals surface area (Å²) in [6.45, 7) is 5.25. The zero-order valence-corrected chi connectivity index (χ0v) is 16.4. The van der Waals surface area contributed by atoms with E-state index in [2.05, 4.69) is 26.2 Å². The summed E-state index contributed by atoms with van der Waals surface area (Å²) in [5, 5.41) is 4.78. The number of aromatic nitrogens is 1. The third kappa shape index (κ3) is 4.26. The lowest BCUT2D eigenvalue weighted by atomic mass is 10.1. The van der Waals surface area contributed by atoms with Crippen molar-refractivity contribution in [2.45, 2.75) is 0 Å². The van der Waals surface area contributed by atoms with Gasteiger partial charge in [-0.25, -0.2) is 0 Å². The number of anilines is 1. The minimum Gasteiger partial charge on any atom is -0.368 e. The van der Waals surface area contributed by atoms with E-state index in [9.17, 15) is 4.79 Å². The Labute approximate surface area is 169 Å². The Hall–Kier alpha value is -2.63. The molecule has 1 amide bonds. The smallest absolute Gasteiger partial charge is 0.252 e. The van der Waals surface area contributed by atoms with E-state index < -0.39 is 0 Å². The first-order chi connectivity index (χ1) is 13.7. The van der Waals surface area contributed by atoms with E-state index in [0.29, 0.717) is 12.1 Å². The van der Waals surface area contributed by atoms with Crippen molar-refractivity contribution in [1.29, 1.82) is 0 Å². The molecule has 4 rings (SSSR count). The van der Waals surface area contributed by atoms with E-state index in [-0.39, 0.29) is 5.91 Å². The summed E-state index contributed by atoms with van der Waals surface area (Å²) in [5.41, 5.74) is 2.60. The third-order valence-electron chi connectivity index (χ3n) is 5.13. The van der Waals surface area contributed by atoms with Crippen molar-refractivity contribution in [3.8, 4) is 0 Å². The fourth-order valence-corrected chi connectivity index (χ4v) is 3.80. The lowest BCUT2D eigenvalue weighted by Gasteiger charge is -2.36. The lowest BCUT2D eigenvalue weighted by Crippen LogP contribution is -2.48. The molecular weight excluding hydrogens is 372 g/mol. The number of pyridine rings is 1. The molecule has 1 aromatic heterocycles. The molecule has 3 aromatic rings. The van der Waals surface area contributed by atoms with Crippen molar-refractivity contribution in [2.24, 2.45) is 0 Å². The number of hydrogen-bond acceptors (Lipinski definition) is 4. The number of carbonyl (C=O) groups is 1. The monoisotopic (exact) mass is 394 g/mol. The SMILES string of the molecule is O=C(NCCN1CCN(c2ccccc2Cl)CC1)c1cnc2ccccc2c1. The molecule has 0 aliphatic carbocycles. The van der Waals surface area contributed by atoms with Gasteiger partial charge < -0.3 is 10.2 Å². The van der Waals surface area contributed by atoms with E-state index in [4.69, 9.17) is 11.6 Å². The van der Waals surface area contributed by atoms with Gasteiger partial charge in [0.15, 0.2) is 0 Å². The second-order valence-corrected chi connectivity index (χ2v) is 7.36. The highest BCUT2D eigenvalue weighted by Gasteiger charge is 2.18. The summed E-state index contributed by atoms with van der Waals surface area (Å²) in [5.74, 6) is -0.0760. The zero-order valence-electron chi connectivity index (χ0n) is 15.6. The van der Waals surface area contributed by atoms with Gasteiger partial charge in [-0.3, -0.25) is 14.7 Å². The number of nitrogens with one attached hydrogen (secondary N) is 1. The summed E-state index contributed by atoms with van der Waals surface area (Å²) in [7, 11) is 0. The number of amides is 1. The number of nitrogens with zero attached hydrogens (tertiary/aromatic N) is 3. The fourth-order valence-electron chi connectivity index (χ4n) is 3.55. The van der Waals surface area contributed by atoms with Gasteiger partial charge in [-0.2, -0.15) is 0 Å².